The van der Waals surface area contributed by atoms with Crippen molar-refractivity contribution in [2.24, 2.45) is 0 Å². The SMILES string of the molecule is COCCNC(=O)c1cccc(C(=O)Nc2ccc(C(C)=O)cc2)c1. The molecule has 2 aromatic carbocycles. The highest BCUT2D eigenvalue weighted by atomic mass is 16.5. The number of hydrogen-bond acceptors (Lipinski definition) is 4. The molecule has 2 N–H and O–H groups in total. The van der Waals surface area contributed by atoms with Crippen LogP contribution in [0.4, 0.5) is 5.69 Å². The maximum Gasteiger partial charge on any atom is 0.255 e. The van der Waals surface area contributed by atoms with Crippen LogP contribution >= 0.6 is 0 Å². The first-order valence-electron chi connectivity index (χ1n) is 7.81. The molecule has 0 aliphatic rings. The summed E-state index contributed by atoms with van der Waals surface area (Å²) in [5.74, 6) is -0.635. The van der Waals surface area contributed by atoms with Crippen LogP contribution in [-0.2, 0) is 4.74 Å². The molecule has 2 aromatic rings. The van der Waals surface area contributed by atoms with Gasteiger partial charge in [0.25, 0.3) is 11.8 Å². The molecule has 0 aliphatic carbocycles. The number of benzene rings is 2. The van der Waals surface area contributed by atoms with Crippen molar-refractivity contribution in [3.05, 3.63) is 65.2 Å². The van der Waals surface area contributed by atoms with Gasteiger partial charge in [-0.25, -0.2) is 0 Å². The van der Waals surface area contributed by atoms with Crippen LogP contribution in [0.1, 0.15) is 38.0 Å². The van der Waals surface area contributed by atoms with E-state index in [4.69, 9.17) is 4.74 Å². The lowest BCUT2D eigenvalue weighted by molar-refractivity contribution is 0.0936. The van der Waals surface area contributed by atoms with Gasteiger partial charge in [0.05, 0.1) is 6.61 Å². The van der Waals surface area contributed by atoms with Crippen molar-refractivity contribution in [1.82, 2.24) is 5.32 Å². The fourth-order valence-electron chi connectivity index (χ4n) is 2.16. The normalized spacial score (nSPS) is 10.2. The van der Waals surface area contributed by atoms with Gasteiger partial charge in [-0.2, -0.15) is 0 Å². The first-order chi connectivity index (χ1) is 12.0. The zero-order chi connectivity index (χ0) is 18.2. The maximum absolute atomic E-state index is 12.3. The second-order valence-electron chi connectivity index (χ2n) is 5.42. The minimum Gasteiger partial charge on any atom is -0.383 e. The van der Waals surface area contributed by atoms with Gasteiger partial charge in [-0.05, 0) is 49.4 Å². The predicted octanol–water partition coefficient (Wildman–Crippen LogP) is 2.52. The van der Waals surface area contributed by atoms with Crippen molar-refractivity contribution < 1.29 is 19.1 Å². The Hall–Kier alpha value is -2.99. The quantitative estimate of drug-likeness (QED) is 0.599. The summed E-state index contributed by atoms with van der Waals surface area (Å²) in [6.07, 6.45) is 0. The Labute approximate surface area is 146 Å². The molecule has 0 spiro atoms. The largest absolute Gasteiger partial charge is 0.383 e. The number of ether oxygens (including phenoxy) is 1. The summed E-state index contributed by atoms with van der Waals surface area (Å²) in [5.41, 5.74) is 1.92. The summed E-state index contributed by atoms with van der Waals surface area (Å²) in [7, 11) is 1.56. The number of Topliss-reactive ketones (excluding diaryl/α,β-unsaturated/α-hetero) is 1. The van der Waals surface area contributed by atoms with Crippen LogP contribution in [0.25, 0.3) is 0 Å². The lowest BCUT2D eigenvalue weighted by atomic mass is 10.1. The van der Waals surface area contributed by atoms with Gasteiger partial charge >= 0.3 is 0 Å². The zero-order valence-corrected chi connectivity index (χ0v) is 14.2. The molecule has 6 nitrogen and oxygen atoms in total. The predicted molar refractivity (Wildman–Crippen MR) is 95.1 cm³/mol. The number of carbonyl (C=O) groups is 3. The first kappa shape index (κ1) is 18.4. The van der Waals surface area contributed by atoms with E-state index in [2.05, 4.69) is 10.6 Å². The smallest absolute Gasteiger partial charge is 0.255 e. The van der Waals surface area contributed by atoms with Crippen LogP contribution in [0.3, 0.4) is 0 Å². The fourth-order valence-corrected chi connectivity index (χ4v) is 2.16. The third-order valence-corrected chi connectivity index (χ3v) is 3.53. The van der Waals surface area contributed by atoms with Gasteiger partial charge in [0.15, 0.2) is 5.78 Å². The van der Waals surface area contributed by atoms with E-state index in [9.17, 15) is 14.4 Å². The number of ketones is 1. The average Bonchev–Trinajstić information content (AvgIpc) is 2.62. The van der Waals surface area contributed by atoms with Crippen LogP contribution in [0.15, 0.2) is 48.5 Å². The summed E-state index contributed by atoms with van der Waals surface area (Å²) in [5, 5.41) is 5.45. The maximum atomic E-state index is 12.3. The number of methoxy groups -OCH3 is 1. The molecule has 0 heterocycles. The number of anilines is 1. The van der Waals surface area contributed by atoms with E-state index in [-0.39, 0.29) is 17.6 Å². The van der Waals surface area contributed by atoms with Crippen molar-refractivity contribution in [2.75, 3.05) is 25.6 Å². The third kappa shape index (κ3) is 5.26. The second kappa shape index (κ2) is 8.75. The molecule has 0 fully saturated rings. The van der Waals surface area contributed by atoms with Gasteiger partial charge in [-0.3, -0.25) is 14.4 Å². The second-order valence-corrected chi connectivity index (χ2v) is 5.42. The Kier molecular flexibility index (Phi) is 6.42. The molecule has 0 radical (unpaired) electrons. The van der Waals surface area contributed by atoms with Crippen molar-refractivity contribution in [3.8, 4) is 0 Å². The minimum absolute atomic E-state index is 0.0370. The number of amides is 2. The highest BCUT2D eigenvalue weighted by Crippen LogP contribution is 2.13. The van der Waals surface area contributed by atoms with E-state index in [1.54, 1.807) is 49.6 Å². The molecule has 130 valence electrons. The molecule has 0 unspecified atom stereocenters. The molecular weight excluding hydrogens is 320 g/mol. The summed E-state index contributed by atoms with van der Waals surface area (Å²) >= 11 is 0. The molecule has 0 aromatic heterocycles. The Morgan fingerprint density at radius 2 is 1.56 bits per heavy atom. The molecule has 2 rings (SSSR count). The molecule has 0 saturated heterocycles. The molecular formula is C19H20N2O4. The van der Waals surface area contributed by atoms with Crippen molar-refractivity contribution in [1.29, 1.82) is 0 Å². The monoisotopic (exact) mass is 340 g/mol. The standard InChI is InChI=1S/C19H20N2O4/c1-13(22)14-6-8-17(9-7-14)21-19(24)16-5-3-4-15(12-16)18(23)20-10-11-25-2/h3-9,12H,10-11H2,1-2H3,(H,20,23)(H,21,24). The Balaban J connectivity index is 2.05. The Morgan fingerprint density at radius 1 is 0.920 bits per heavy atom. The van der Waals surface area contributed by atoms with E-state index in [0.717, 1.165) is 0 Å². The van der Waals surface area contributed by atoms with Gasteiger partial charge in [0, 0.05) is 36.0 Å². The lowest BCUT2D eigenvalue weighted by Gasteiger charge is -2.08. The van der Waals surface area contributed by atoms with Gasteiger partial charge in [0.2, 0.25) is 0 Å². The van der Waals surface area contributed by atoms with E-state index in [1.807, 2.05) is 0 Å². The Bertz CT molecular complexity index is 769. The van der Waals surface area contributed by atoms with Crippen LogP contribution in [0, 0.1) is 0 Å². The van der Waals surface area contributed by atoms with Gasteiger partial charge in [0.1, 0.15) is 0 Å². The van der Waals surface area contributed by atoms with Crippen molar-refractivity contribution in [2.45, 2.75) is 6.92 Å². The molecule has 6 heteroatoms. The van der Waals surface area contributed by atoms with Crippen LogP contribution in [0.5, 0.6) is 0 Å². The third-order valence-electron chi connectivity index (χ3n) is 3.53. The molecule has 0 atom stereocenters. The zero-order valence-electron chi connectivity index (χ0n) is 14.2. The average molecular weight is 340 g/mol. The van der Waals surface area contributed by atoms with Crippen LogP contribution in [-0.4, -0.2) is 37.9 Å². The van der Waals surface area contributed by atoms with Gasteiger partial charge in [-0.15, -0.1) is 0 Å². The summed E-state index contributed by atoms with van der Waals surface area (Å²) in [6, 6.07) is 13.1. The van der Waals surface area contributed by atoms with Crippen molar-refractivity contribution in [3.63, 3.8) is 0 Å². The van der Waals surface area contributed by atoms with Crippen LogP contribution in [0.2, 0.25) is 0 Å². The minimum atomic E-state index is -0.331. The highest BCUT2D eigenvalue weighted by Gasteiger charge is 2.11. The number of rotatable bonds is 7. The number of carbonyl (C=O) groups excluding carboxylic acids is 3. The van der Waals surface area contributed by atoms with E-state index < -0.39 is 0 Å². The van der Waals surface area contributed by atoms with E-state index in [0.29, 0.717) is 35.5 Å². The van der Waals surface area contributed by atoms with Gasteiger partial charge in [-0.1, -0.05) is 6.07 Å². The summed E-state index contributed by atoms with van der Waals surface area (Å²) in [4.78, 5) is 35.6. The topological polar surface area (TPSA) is 84.5 Å². The van der Waals surface area contributed by atoms with Crippen LogP contribution < -0.4 is 10.6 Å². The lowest BCUT2D eigenvalue weighted by Crippen LogP contribution is -2.27. The van der Waals surface area contributed by atoms with Crippen molar-refractivity contribution >= 4 is 23.3 Å². The van der Waals surface area contributed by atoms with Gasteiger partial charge < -0.3 is 15.4 Å². The molecule has 0 saturated carbocycles. The highest BCUT2D eigenvalue weighted by molar-refractivity contribution is 6.06. The fraction of sp³-hybridized carbons (Fsp3) is 0.211. The number of nitrogens with one attached hydrogen (secondary N) is 2. The molecule has 0 aliphatic heterocycles. The Morgan fingerprint density at radius 3 is 2.16 bits per heavy atom. The summed E-state index contributed by atoms with van der Waals surface area (Å²) in [6.45, 7) is 2.30. The first-order valence-corrected chi connectivity index (χ1v) is 7.81. The molecule has 0 bridgehead atoms. The van der Waals surface area contributed by atoms with E-state index in [1.165, 1.54) is 13.0 Å². The molecule has 2 amide bonds. The van der Waals surface area contributed by atoms with E-state index >= 15 is 0 Å². The molecule has 25 heavy (non-hydrogen) atoms. The number of hydrogen-bond donors (Lipinski definition) is 2. The summed E-state index contributed by atoms with van der Waals surface area (Å²) < 4.78 is 4.88.